The lowest BCUT2D eigenvalue weighted by Crippen LogP contribution is -2.24. The van der Waals surface area contributed by atoms with Gasteiger partial charge in [0.1, 0.15) is 5.75 Å². The molecule has 1 heterocycles. The number of esters is 1. The molecule has 2 fully saturated rings. The Labute approximate surface area is 130 Å². The summed E-state index contributed by atoms with van der Waals surface area (Å²) in [5, 5.41) is 0.645. The molecule has 21 heavy (non-hydrogen) atoms. The Morgan fingerprint density at radius 2 is 2.19 bits per heavy atom. The monoisotopic (exact) mass is 309 g/mol. The Morgan fingerprint density at radius 3 is 2.90 bits per heavy atom. The van der Waals surface area contributed by atoms with E-state index in [4.69, 9.17) is 21.1 Å². The lowest BCUT2D eigenvalue weighted by molar-refractivity contribution is -0.147. The SMILES string of the molecule is CCOC(=O)C1CCN(c2ccc(Cl)c(OC3CC3)c2)C1. The van der Waals surface area contributed by atoms with E-state index >= 15 is 0 Å². The van der Waals surface area contributed by atoms with Crippen molar-refractivity contribution in [2.24, 2.45) is 5.92 Å². The highest BCUT2D eigenvalue weighted by Crippen LogP contribution is 2.36. The second-order valence-corrected chi connectivity index (χ2v) is 6.02. The first-order chi connectivity index (χ1) is 10.2. The van der Waals surface area contributed by atoms with Gasteiger partial charge in [0.2, 0.25) is 0 Å². The molecule has 0 N–H and O–H groups in total. The first-order valence-electron chi connectivity index (χ1n) is 7.55. The van der Waals surface area contributed by atoms with Crippen LogP contribution in [0.5, 0.6) is 5.75 Å². The van der Waals surface area contributed by atoms with Gasteiger partial charge < -0.3 is 14.4 Å². The molecule has 1 aliphatic carbocycles. The van der Waals surface area contributed by atoms with Gasteiger partial charge in [-0.05, 0) is 38.3 Å². The smallest absolute Gasteiger partial charge is 0.310 e. The maximum atomic E-state index is 11.8. The molecule has 0 aromatic heterocycles. The molecule has 5 heteroatoms. The van der Waals surface area contributed by atoms with E-state index in [2.05, 4.69) is 4.90 Å². The van der Waals surface area contributed by atoms with Crippen molar-refractivity contribution in [1.82, 2.24) is 0 Å². The van der Waals surface area contributed by atoms with Crippen LogP contribution in [0, 0.1) is 5.92 Å². The molecule has 1 saturated heterocycles. The van der Waals surface area contributed by atoms with Crippen molar-refractivity contribution in [1.29, 1.82) is 0 Å². The van der Waals surface area contributed by atoms with E-state index in [-0.39, 0.29) is 11.9 Å². The first-order valence-corrected chi connectivity index (χ1v) is 7.93. The summed E-state index contributed by atoms with van der Waals surface area (Å²) in [7, 11) is 0. The second kappa shape index (κ2) is 6.14. The minimum Gasteiger partial charge on any atom is -0.489 e. The van der Waals surface area contributed by atoms with Gasteiger partial charge in [0.25, 0.3) is 0 Å². The third kappa shape index (κ3) is 3.43. The fourth-order valence-electron chi connectivity index (χ4n) is 2.59. The van der Waals surface area contributed by atoms with Gasteiger partial charge in [-0.1, -0.05) is 11.6 Å². The molecule has 1 unspecified atom stereocenters. The summed E-state index contributed by atoms with van der Waals surface area (Å²) in [6.07, 6.45) is 3.37. The summed E-state index contributed by atoms with van der Waals surface area (Å²) >= 11 is 6.18. The Morgan fingerprint density at radius 1 is 1.38 bits per heavy atom. The molecule has 1 atom stereocenters. The van der Waals surface area contributed by atoms with Gasteiger partial charge in [0, 0.05) is 24.8 Å². The van der Waals surface area contributed by atoms with E-state index in [0.717, 1.165) is 37.2 Å². The molecule has 3 rings (SSSR count). The summed E-state index contributed by atoms with van der Waals surface area (Å²) in [5.41, 5.74) is 1.06. The Bertz CT molecular complexity index is 530. The van der Waals surface area contributed by atoms with Crippen LogP contribution in [0.2, 0.25) is 5.02 Å². The van der Waals surface area contributed by atoms with Crippen LogP contribution < -0.4 is 9.64 Å². The van der Waals surface area contributed by atoms with Gasteiger partial charge in [0.15, 0.2) is 0 Å². The molecule has 1 saturated carbocycles. The normalized spacial score (nSPS) is 21.4. The van der Waals surface area contributed by atoms with Crippen LogP contribution in [-0.4, -0.2) is 31.8 Å². The Hall–Kier alpha value is -1.42. The van der Waals surface area contributed by atoms with E-state index < -0.39 is 0 Å². The van der Waals surface area contributed by atoms with Crippen LogP contribution in [0.15, 0.2) is 18.2 Å². The predicted molar refractivity (Wildman–Crippen MR) is 82.1 cm³/mol. The zero-order chi connectivity index (χ0) is 14.8. The van der Waals surface area contributed by atoms with Crippen molar-refractivity contribution in [2.45, 2.75) is 32.3 Å². The van der Waals surface area contributed by atoms with Crippen LogP contribution >= 0.6 is 11.6 Å². The van der Waals surface area contributed by atoms with Crippen molar-refractivity contribution in [2.75, 3.05) is 24.6 Å². The van der Waals surface area contributed by atoms with E-state index in [1.165, 1.54) is 0 Å². The van der Waals surface area contributed by atoms with Crippen LogP contribution in [0.4, 0.5) is 5.69 Å². The largest absolute Gasteiger partial charge is 0.489 e. The molecule has 0 spiro atoms. The zero-order valence-corrected chi connectivity index (χ0v) is 12.9. The number of halogens is 1. The Balaban J connectivity index is 1.68. The topological polar surface area (TPSA) is 38.8 Å². The lowest BCUT2D eigenvalue weighted by Gasteiger charge is -2.20. The standard InChI is InChI=1S/C16H20ClNO3/c1-2-20-16(19)11-7-8-18(10-11)12-3-6-14(17)15(9-12)21-13-4-5-13/h3,6,9,11,13H,2,4-5,7-8,10H2,1H3. The highest BCUT2D eigenvalue weighted by molar-refractivity contribution is 6.32. The summed E-state index contributed by atoms with van der Waals surface area (Å²) in [6, 6.07) is 5.83. The minimum atomic E-state index is -0.0941. The maximum absolute atomic E-state index is 11.8. The lowest BCUT2D eigenvalue weighted by atomic mass is 10.1. The average Bonchev–Trinajstić information content (AvgIpc) is 3.14. The van der Waals surface area contributed by atoms with Crippen LogP contribution in [-0.2, 0) is 9.53 Å². The molecule has 1 aromatic carbocycles. The quantitative estimate of drug-likeness (QED) is 0.783. The molecule has 0 bridgehead atoms. The molecule has 0 amide bonds. The number of anilines is 1. The van der Waals surface area contributed by atoms with Gasteiger partial charge in [-0.2, -0.15) is 0 Å². The number of ether oxygens (including phenoxy) is 2. The van der Waals surface area contributed by atoms with Crippen LogP contribution in [0.25, 0.3) is 0 Å². The molecule has 114 valence electrons. The predicted octanol–water partition coefficient (Wildman–Crippen LogP) is 3.27. The van der Waals surface area contributed by atoms with E-state index in [0.29, 0.717) is 24.3 Å². The summed E-state index contributed by atoms with van der Waals surface area (Å²) in [5.74, 6) is 0.619. The van der Waals surface area contributed by atoms with Gasteiger partial charge >= 0.3 is 5.97 Å². The van der Waals surface area contributed by atoms with Gasteiger partial charge in [-0.3, -0.25) is 4.79 Å². The van der Waals surface area contributed by atoms with Crippen molar-refractivity contribution in [3.8, 4) is 5.75 Å². The third-order valence-corrected chi connectivity index (χ3v) is 4.22. The minimum absolute atomic E-state index is 0.0339. The second-order valence-electron chi connectivity index (χ2n) is 5.62. The average molecular weight is 310 g/mol. The molecule has 4 nitrogen and oxygen atoms in total. The Kier molecular flexibility index (Phi) is 4.24. The van der Waals surface area contributed by atoms with Crippen LogP contribution in [0.3, 0.4) is 0 Å². The third-order valence-electron chi connectivity index (χ3n) is 3.91. The van der Waals surface area contributed by atoms with Crippen molar-refractivity contribution >= 4 is 23.3 Å². The number of carbonyl (C=O) groups excluding carboxylic acids is 1. The molecule has 1 aliphatic heterocycles. The maximum Gasteiger partial charge on any atom is 0.310 e. The van der Waals surface area contributed by atoms with Gasteiger partial charge in [0.05, 0.1) is 23.7 Å². The van der Waals surface area contributed by atoms with Crippen molar-refractivity contribution < 1.29 is 14.3 Å². The molecule has 0 radical (unpaired) electrons. The van der Waals surface area contributed by atoms with Gasteiger partial charge in [-0.15, -0.1) is 0 Å². The zero-order valence-electron chi connectivity index (χ0n) is 12.2. The number of benzene rings is 1. The first kappa shape index (κ1) is 14.5. The molecular weight excluding hydrogens is 290 g/mol. The summed E-state index contributed by atoms with van der Waals surface area (Å²) < 4.78 is 10.9. The van der Waals surface area contributed by atoms with Crippen molar-refractivity contribution in [3.63, 3.8) is 0 Å². The summed E-state index contributed by atoms with van der Waals surface area (Å²) in [4.78, 5) is 14.0. The fourth-order valence-corrected chi connectivity index (χ4v) is 2.75. The van der Waals surface area contributed by atoms with E-state index in [9.17, 15) is 4.79 Å². The fraction of sp³-hybridized carbons (Fsp3) is 0.562. The van der Waals surface area contributed by atoms with Crippen molar-refractivity contribution in [3.05, 3.63) is 23.2 Å². The van der Waals surface area contributed by atoms with Gasteiger partial charge in [-0.25, -0.2) is 0 Å². The molecule has 1 aromatic rings. The summed E-state index contributed by atoms with van der Waals surface area (Å²) in [6.45, 7) is 3.83. The molecular formula is C16H20ClNO3. The number of hydrogen-bond donors (Lipinski definition) is 0. The number of nitrogens with zero attached hydrogens (tertiary/aromatic N) is 1. The number of rotatable bonds is 5. The number of hydrogen-bond acceptors (Lipinski definition) is 4. The number of carbonyl (C=O) groups is 1. The highest BCUT2D eigenvalue weighted by Gasteiger charge is 2.30. The van der Waals surface area contributed by atoms with Crippen LogP contribution in [0.1, 0.15) is 26.2 Å². The van der Waals surface area contributed by atoms with E-state index in [1.807, 2.05) is 25.1 Å². The highest BCUT2D eigenvalue weighted by atomic mass is 35.5. The molecule has 2 aliphatic rings. The van der Waals surface area contributed by atoms with E-state index in [1.54, 1.807) is 0 Å².